The number of rotatable bonds is 5. The van der Waals surface area contributed by atoms with Crippen LogP contribution in [0.4, 0.5) is 0 Å². The third-order valence-corrected chi connectivity index (χ3v) is 5.22. The molecule has 2 unspecified atom stereocenters. The van der Waals surface area contributed by atoms with Crippen LogP contribution in [0.1, 0.15) is 24.6 Å². The molecule has 2 N–H and O–H groups in total. The first-order valence-electron chi connectivity index (χ1n) is 7.78. The second-order valence-electron chi connectivity index (χ2n) is 5.76. The smallest absolute Gasteiger partial charge is 0.233 e. The molecule has 0 saturated heterocycles. The van der Waals surface area contributed by atoms with Crippen molar-refractivity contribution in [3.8, 4) is 5.75 Å². The Bertz CT molecular complexity index is 669. The zero-order valence-electron chi connectivity index (χ0n) is 13.3. The molecule has 122 valence electrons. The molecule has 2 atom stereocenters. The fraction of sp³-hybridized carbons (Fsp3) is 0.412. The van der Waals surface area contributed by atoms with Gasteiger partial charge in [-0.2, -0.15) is 5.10 Å². The van der Waals surface area contributed by atoms with E-state index in [2.05, 4.69) is 15.5 Å². The van der Waals surface area contributed by atoms with Crippen molar-refractivity contribution >= 4 is 17.7 Å². The van der Waals surface area contributed by atoms with Crippen molar-refractivity contribution in [2.45, 2.75) is 42.4 Å². The Kier molecular flexibility index (Phi) is 4.91. The van der Waals surface area contributed by atoms with E-state index in [4.69, 9.17) is 4.74 Å². The topological polar surface area (TPSA) is 67.0 Å². The van der Waals surface area contributed by atoms with Gasteiger partial charge in [-0.15, -0.1) is 11.8 Å². The molecule has 0 radical (unpaired) electrons. The van der Waals surface area contributed by atoms with Crippen LogP contribution in [0, 0.1) is 0 Å². The number of amides is 1. The van der Waals surface area contributed by atoms with Crippen molar-refractivity contribution in [2.24, 2.45) is 0 Å². The van der Waals surface area contributed by atoms with E-state index >= 15 is 0 Å². The van der Waals surface area contributed by atoms with Gasteiger partial charge in [0.15, 0.2) is 0 Å². The lowest BCUT2D eigenvalue weighted by Gasteiger charge is -2.24. The molecular formula is C17H21N3O2S. The summed E-state index contributed by atoms with van der Waals surface area (Å²) >= 11 is 1.56. The number of nitrogens with one attached hydrogen (secondary N) is 2. The lowest BCUT2D eigenvalue weighted by atomic mass is 9.93. The molecule has 0 bridgehead atoms. The summed E-state index contributed by atoms with van der Waals surface area (Å²) in [5.41, 5.74) is 2.42. The van der Waals surface area contributed by atoms with E-state index in [0.29, 0.717) is 0 Å². The van der Waals surface area contributed by atoms with E-state index in [9.17, 15) is 4.79 Å². The Morgan fingerprint density at radius 2 is 2.22 bits per heavy atom. The van der Waals surface area contributed by atoms with Crippen molar-refractivity contribution in [1.82, 2.24) is 15.5 Å². The Labute approximate surface area is 140 Å². The van der Waals surface area contributed by atoms with Crippen LogP contribution in [0.3, 0.4) is 0 Å². The van der Waals surface area contributed by atoms with E-state index in [1.165, 1.54) is 11.3 Å². The number of thioether (sulfide) groups is 1. The predicted octanol–water partition coefficient (Wildman–Crippen LogP) is 2.57. The first kappa shape index (κ1) is 15.9. The molecule has 1 aromatic heterocycles. The van der Waals surface area contributed by atoms with Crippen LogP contribution in [0.2, 0.25) is 0 Å². The fourth-order valence-electron chi connectivity index (χ4n) is 2.77. The summed E-state index contributed by atoms with van der Waals surface area (Å²) in [6.07, 6.45) is 4.63. The summed E-state index contributed by atoms with van der Waals surface area (Å²) < 4.78 is 5.15. The first-order chi connectivity index (χ1) is 11.2. The number of hydrogen-bond acceptors (Lipinski definition) is 4. The predicted molar refractivity (Wildman–Crippen MR) is 90.9 cm³/mol. The van der Waals surface area contributed by atoms with Crippen LogP contribution in [-0.2, 0) is 17.6 Å². The highest BCUT2D eigenvalue weighted by Crippen LogP contribution is 2.26. The number of aromatic nitrogens is 2. The molecule has 3 rings (SSSR count). The molecule has 0 fully saturated rings. The largest absolute Gasteiger partial charge is 0.497 e. The molecule has 1 aromatic carbocycles. The van der Waals surface area contributed by atoms with Gasteiger partial charge in [-0.25, -0.2) is 0 Å². The Hall–Kier alpha value is -1.95. The van der Waals surface area contributed by atoms with Gasteiger partial charge in [0.25, 0.3) is 0 Å². The van der Waals surface area contributed by atoms with Gasteiger partial charge in [-0.05, 0) is 56.0 Å². The summed E-state index contributed by atoms with van der Waals surface area (Å²) in [5.74, 6) is 0.910. The second kappa shape index (κ2) is 7.08. The number of H-pyrrole nitrogens is 1. The summed E-state index contributed by atoms with van der Waals surface area (Å²) in [5, 5.41) is 10.1. The maximum Gasteiger partial charge on any atom is 0.233 e. The van der Waals surface area contributed by atoms with E-state index in [0.717, 1.165) is 29.9 Å². The molecule has 1 heterocycles. The molecule has 2 aromatic rings. The molecule has 1 amide bonds. The van der Waals surface area contributed by atoms with Gasteiger partial charge in [0.2, 0.25) is 5.91 Å². The van der Waals surface area contributed by atoms with Crippen molar-refractivity contribution in [2.75, 3.05) is 7.11 Å². The average molecular weight is 331 g/mol. The average Bonchev–Trinajstić information content (AvgIpc) is 3.03. The second-order valence-corrected chi connectivity index (χ2v) is 7.17. The fourth-order valence-corrected chi connectivity index (χ4v) is 3.65. The van der Waals surface area contributed by atoms with Crippen LogP contribution in [0.5, 0.6) is 5.75 Å². The SMILES string of the molecule is COc1ccc(SC(C)C(=O)NC2CCc3[nH]ncc3C2)cc1. The van der Waals surface area contributed by atoms with E-state index in [-0.39, 0.29) is 17.2 Å². The maximum atomic E-state index is 12.4. The number of ether oxygens (including phenoxy) is 1. The zero-order chi connectivity index (χ0) is 16.2. The van der Waals surface area contributed by atoms with Crippen LogP contribution in [0.15, 0.2) is 35.4 Å². The minimum absolute atomic E-state index is 0.0859. The lowest BCUT2D eigenvalue weighted by Crippen LogP contribution is -2.42. The lowest BCUT2D eigenvalue weighted by molar-refractivity contribution is -0.121. The first-order valence-corrected chi connectivity index (χ1v) is 8.66. The minimum atomic E-state index is -0.130. The zero-order valence-corrected chi connectivity index (χ0v) is 14.2. The van der Waals surface area contributed by atoms with Gasteiger partial charge in [-0.3, -0.25) is 9.89 Å². The molecule has 0 saturated carbocycles. The number of methoxy groups -OCH3 is 1. The van der Waals surface area contributed by atoms with Crippen molar-refractivity contribution in [3.05, 3.63) is 41.7 Å². The summed E-state index contributed by atoms with van der Waals surface area (Å²) in [6.45, 7) is 1.94. The number of nitrogens with zero attached hydrogens (tertiary/aromatic N) is 1. The summed E-state index contributed by atoms with van der Waals surface area (Å²) in [6, 6.07) is 7.98. The third-order valence-electron chi connectivity index (χ3n) is 4.10. The van der Waals surface area contributed by atoms with Crippen LogP contribution in [0.25, 0.3) is 0 Å². The van der Waals surface area contributed by atoms with Gasteiger partial charge in [0, 0.05) is 16.6 Å². The Morgan fingerprint density at radius 1 is 1.43 bits per heavy atom. The highest BCUT2D eigenvalue weighted by molar-refractivity contribution is 8.00. The van der Waals surface area contributed by atoms with Gasteiger partial charge in [0.05, 0.1) is 18.6 Å². The van der Waals surface area contributed by atoms with Crippen molar-refractivity contribution < 1.29 is 9.53 Å². The molecule has 0 aliphatic heterocycles. The quantitative estimate of drug-likeness (QED) is 0.827. The number of carbonyl (C=O) groups excluding carboxylic acids is 1. The Balaban J connectivity index is 1.53. The summed E-state index contributed by atoms with van der Waals surface area (Å²) in [4.78, 5) is 13.5. The highest BCUT2D eigenvalue weighted by Gasteiger charge is 2.23. The van der Waals surface area contributed by atoms with Crippen molar-refractivity contribution in [3.63, 3.8) is 0 Å². The van der Waals surface area contributed by atoms with Crippen molar-refractivity contribution in [1.29, 1.82) is 0 Å². The molecule has 1 aliphatic rings. The molecular weight excluding hydrogens is 310 g/mol. The van der Waals surface area contributed by atoms with E-state index < -0.39 is 0 Å². The van der Waals surface area contributed by atoms with Crippen LogP contribution in [-0.4, -0.2) is 34.5 Å². The van der Waals surface area contributed by atoms with Gasteiger partial charge >= 0.3 is 0 Å². The molecule has 6 heteroatoms. The highest BCUT2D eigenvalue weighted by atomic mass is 32.2. The van der Waals surface area contributed by atoms with Crippen LogP contribution < -0.4 is 10.1 Å². The Morgan fingerprint density at radius 3 is 2.96 bits per heavy atom. The van der Waals surface area contributed by atoms with Gasteiger partial charge < -0.3 is 10.1 Å². The maximum absolute atomic E-state index is 12.4. The van der Waals surface area contributed by atoms with Gasteiger partial charge in [0.1, 0.15) is 5.75 Å². The minimum Gasteiger partial charge on any atom is -0.497 e. The normalized spacial score (nSPS) is 18.1. The summed E-state index contributed by atoms with van der Waals surface area (Å²) in [7, 11) is 1.65. The number of aromatic amines is 1. The number of hydrogen-bond donors (Lipinski definition) is 2. The monoisotopic (exact) mass is 331 g/mol. The molecule has 1 aliphatic carbocycles. The number of fused-ring (bicyclic) bond motifs is 1. The number of benzene rings is 1. The third kappa shape index (κ3) is 3.88. The molecule has 5 nitrogen and oxygen atoms in total. The van der Waals surface area contributed by atoms with Gasteiger partial charge in [-0.1, -0.05) is 0 Å². The molecule has 23 heavy (non-hydrogen) atoms. The molecule has 0 spiro atoms. The number of carbonyl (C=O) groups is 1. The standard InChI is InChI=1S/C17H21N3O2S/c1-11(23-15-6-4-14(22-2)5-7-15)17(21)19-13-3-8-16-12(9-13)10-18-20-16/h4-7,10-11,13H,3,8-9H2,1-2H3,(H,18,20)(H,19,21). The van der Waals surface area contributed by atoms with E-state index in [1.807, 2.05) is 37.4 Å². The van der Waals surface area contributed by atoms with E-state index in [1.54, 1.807) is 18.9 Å². The van der Waals surface area contributed by atoms with Crippen LogP contribution >= 0.6 is 11.8 Å². The number of aryl methyl sites for hydroxylation is 1.